The summed E-state index contributed by atoms with van der Waals surface area (Å²) in [4.78, 5) is 30.1. The molecule has 1 aromatic carbocycles. The van der Waals surface area contributed by atoms with E-state index in [-0.39, 0.29) is 17.7 Å². The highest BCUT2D eigenvalue weighted by Gasteiger charge is 2.20. The minimum absolute atomic E-state index is 0.0309. The molecule has 132 valence electrons. The molecule has 0 radical (unpaired) electrons. The number of carbonyl (C=O) groups is 1. The van der Waals surface area contributed by atoms with Gasteiger partial charge in [0.05, 0.1) is 6.61 Å². The third-order valence-corrected chi connectivity index (χ3v) is 4.63. The molecule has 0 aliphatic carbocycles. The van der Waals surface area contributed by atoms with Crippen LogP contribution in [0, 0.1) is 13.8 Å². The van der Waals surface area contributed by atoms with Crippen LogP contribution in [0.1, 0.15) is 40.6 Å². The molecule has 6 nitrogen and oxygen atoms in total. The second-order valence-electron chi connectivity index (χ2n) is 6.34. The highest BCUT2D eigenvalue weighted by Crippen LogP contribution is 2.26. The van der Waals surface area contributed by atoms with E-state index in [1.807, 2.05) is 19.1 Å². The van der Waals surface area contributed by atoms with E-state index < -0.39 is 0 Å². The van der Waals surface area contributed by atoms with Gasteiger partial charge in [-0.1, -0.05) is 24.3 Å². The van der Waals surface area contributed by atoms with Gasteiger partial charge in [0.2, 0.25) is 5.91 Å². The molecule has 2 N–H and O–H groups in total. The van der Waals surface area contributed by atoms with Gasteiger partial charge >= 0.3 is 5.69 Å². The van der Waals surface area contributed by atoms with Crippen LogP contribution in [0.2, 0.25) is 0 Å². The van der Waals surface area contributed by atoms with Gasteiger partial charge in [0.15, 0.2) is 0 Å². The minimum atomic E-state index is -0.351. The van der Waals surface area contributed by atoms with Crippen LogP contribution in [-0.2, 0) is 22.4 Å². The Hall–Kier alpha value is -2.47. The normalized spacial score (nSPS) is 16.3. The van der Waals surface area contributed by atoms with E-state index in [1.165, 1.54) is 5.56 Å². The minimum Gasteiger partial charge on any atom is -0.371 e. The summed E-state index contributed by atoms with van der Waals surface area (Å²) in [6.07, 6.45) is 1.73. The number of nitrogens with zero attached hydrogens (tertiary/aromatic N) is 1. The molecule has 1 atom stereocenters. The predicted molar refractivity (Wildman–Crippen MR) is 94.5 cm³/mol. The SMILES string of the molecule is Cc1nc(=O)[nH]c(C)c1CCC(=O)NCC1OCCc2ccccc21. The molecule has 1 amide bonds. The molecule has 0 spiro atoms. The maximum absolute atomic E-state index is 12.2. The van der Waals surface area contributed by atoms with Crippen molar-refractivity contribution in [2.24, 2.45) is 0 Å². The molecule has 2 heterocycles. The van der Waals surface area contributed by atoms with Crippen molar-refractivity contribution in [1.82, 2.24) is 15.3 Å². The first-order valence-electron chi connectivity index (χ1n) is 8.57. The number of rotatable bonds is 5. The van der Waals surface area contributed by atoms with Crippen LogP contribution in [0.3, 0.4) is 0 Å². The summed E-state index contributed by atoms with van der Waals surface area (Å²) in [5.41, 5.74) is 4.47. The van der Waals surface area contributed by atoms with E-state index in [4.69, 9.17) is 4.74 Å². The zero-order valence-corrected chi connectivity index (χ0v) is 14.6. The number of fused-ring (bicyclic) bond motifs is 1. The van der Waals surface area contributed by atoms with E-state index in [2.05, 4.69) is 27.4 Å². The molecule has 3 rings (SSSR count). The van der Waals surface area contributed by atoms with E-state index in [0.29, 0.717) is 31.7 Å². The second-order valence-corrected chi connectivity index (χ2v) is 6.34. The van der Waals surface area contributed by atoms with Gasteiger partial charge in [0.25, 0.3) is 0 Å². The standard InChI is InChI=1S/C19H23N3O3/c1-12-15(13(2)22-19(24)21-12)7-8-18(23)20-11-17-16-6-4-3-5-14(16)9-10-25-17/h3-6,17H,7-11H2,1-2H3,(H,20,23)(H,21,22,24). The van der Waals surface area contributed by atoms with Gasteiger partial charge in [0, 0.05) is 24.4 Å². The first-order valence-corrected chi connectivity index (χ1v) is 8.57. The van der Waals surface area contributed by atoms with Crippen LogP contribution < -0.4 is 11.0 Å². The predicted octanol–water partition coefficient (Wildman–Crippen LogP) is 1.75. The zero-order valence-electron chi connectivity index (χ0n) is 14.6. The first kappa shape index (κ1) is 17.4. The molecule has 0 saturated carbocycles. The molecular formula is C19H23N3O3. The number of nitrogens with one attached hydrogen (secondary N) is 2. The maximum atomic E-state index is 12.2. The van der Waals surface area contributed by atoms with Crippen LogP contribution in [0.4, 0.5) is 0 Å². The van der Waals surface area contributed by atoms with Crippen molar-refractivity contribution >= 4 is 5.91 Å². The van der Waals surface area contributed by atoms with Crippen LogP contribution in [0.15, 0.2) is 29.1 Å². The Balaban J connectivity index is 1.55. The van der Waals surface area contributed by atoms with Crippen molar-refractivity contribution in [1.29, 1.82) is 0 Å². The molecule has 1 aliphatic heterocycles. The van der Waals surface area contributed by atoms with Crippen molar-refractivity contribution in [2.45, 2.75) is 39.2 Å². The summed E-state index contributed by atoms with van der Waals surface area (Å²) in [6.45, 7) is 4.77. The number of hydrogen-bond acceptors (Lipinski definition) is 4. The lowest BCUT2D eigenvalue weighted by Gasteiger charge is -2.26. The topological polar surface area (TPSA) is 84.1 Å². The first-order chi connectivity index (χ1) is 12.0. The number of hydrogen-bond donors (Lipinski definition) is 2. The van der Waals surface area contributed by atoms with Gasteiger partial charge in [-0.15, -0.1) is 0 Å². The number of carbonyl (C=O) groups excluding carboxylic acids is 1. The molecule has 25 heavy (non-hydrogen) atoms. The molecule has 6 heteroatoms. The number of amides is 1. The Bertz CT molecular complexity index is 803. The Labute approximate surface area is 146 Å². The number of ether oxygens (including phenoxy) is 1. The van der Waals surface area contributed by atoms with Gasteiger partial charge in [-0.25, -0.2) is 4.79 Å². The van der Waals surface area contributed by atoms with Crippen molar-refractivity contribution < 1.29 is 9.53 Å². The lowest BCUT2D eigenvalue weighted by Crippen LogP contribution is -2.32. The van der Waals surface area contributed by atoms with Crippen LogP contribution >= 0.6 is 0 Å². The van der Waals surface area contributed by atoms with Crippen molar-refractivity contribution in [3.63, 3.8) is 0 Å². The Morgan fingerprint density at radius 1 is 1.36 bits per heavy atom. The molecular weight excluding hydrogens is 318 g/mol. The third kappa shape index (κ3) is 4.14. The summed E-state index contributed by atoms with van der Waals surface area (Å²) < 4.78 is 5.80. The highest BCUT2D eigenvalue weighted by atomic mass is 16.5. The van der Waals surface area contributed by atoms with Gasteiger partial charge < -0.3 is 15.0 Å². The summed E-state index contributed by atoms with van der Waals surface area (Å²) in [5.74, 6) is -0.0309. The van der Waals surface area contributed by atoms with E-state index in [0.717, 1.165) is 23.2 Å². The Kier molecular flexibility index (Phi) is 5.28. The summed E-state index contributed by atoms with van der Waals surface area (Å²) >= 11 is 0. The zero-order chi connectivity index (χ0) is 17.8. The average molecular weight is 341 g/mol. The Morgan fingerprint density at radius 3 is 2.96 bits per heavy atom. The summed E-state index contributed by atoms with van der Waals surface area (Å²) in [6, 6.07) is 8.20. The lowest BCUT2D eigenvalue weighted by molar-refractivity contribution is -0.121. The molecule has 0 saturated heterocycles. The number of H-pyrrole nitrogens is 1. The molecule has 1 unspecified atom stereocenters. The molecule has 0 fully saturated rings. The van der Waals surface area contributed by atoms with Crippen LogP contribution in [-0.4, -0.2) is 29.0 Å². The van der Waals surface area contributed by atoms with E-state index in [1.54, 1.807) is 6.92 Å². The van der Waals surface area contributed by atoms with E-state index in [9.17, 15) is 9.59 Å². The monoisotopic (exact) mass is 341 g/mol. The fourth-order valence-electron chi connectivity index (χ4n) is 3.30. The summed E-state index contributed by atoms with van der Waals surface area (Å²) in [7, 11) is 0. The van der Waals surface area contributed by atoms with Gasteiger partial charge in [0.1, 0.15) is 6.10 Å². The Morgan fingerprint density at radius 2 is 2.16 bits per heavy atom. The number of aromatic nitrogens is 2. The molecule has 2 aromatic rings. The number of aryl methyl sites for hydroxylation is 2. The quantitative estimate of drug-likeness (QED) is 0.868. The molecule has 0 bridgehead atoms. The number of aromatic amines is 1. The third-order valence-electron chi connectivity index (χ3n) is 4.63. The van der Waals surface area contributed by atoms with Crippen molar-refractivity contribution in [2.75, 3.05) is 13.2 Å². The van der Waals surface area contributed by atoms with Crippen LogP contribution in [0.5, 0.6) is 0 Å². The number of benzene rings is 1. The fourth-order valence-corrected chi connectivity index (χ4v) is 3.30. The van der Waals surface area contributed by atoms with Crippen molar-refractivity contribution in [3.05, 3.63) is 62.8 Å². The van der Waals surface area contributed by atoms with Crippen molar-refractivity contribution in [3.8, 4) is 0 Å². The largest absolute Gasteiger partial charge is 0.371 e. The highest BCUT2D eigenvalue weighted by molar-refractivity contribution is 5.76. The lowest BCUT2D eigenvalue weighted by atomic mass is 9.97. The maximum Gasteiger partial charge on any atom is 0.345 e. The van der Waals surface area contributed by atoms with Gasteiger partial charge in [-0.05, 0) is 43.4 Å². The van der Waals surface area contributed by atoms with Gasteiger partial charge in [-0.2, -0.15) is 4.98 Å². The smallest absolute Gasteiger partial charge is 0.345 e. The van der Waals surface area contributed by atoms with Crippen LogP contribution in [0.25, 0.3) is 0 Å². The summed E-state index contributed by atoms with van der Waals surface area (Å²) in [5, 5.41) is 2.96. The van der Waals surface area contributed by atoms with E-state index >= 15 is 0 Å². The van der Waals surface area contributed by atoms with Gasteiger partial charge in [-0.3, -0.25) is 4.79 Å². The second kappa shape index (κ2) is 7.61. The molecule has 1 aliphatic rings. The molecule has 1 aromatic heterocycles. The average Bonchev–Trinajstić information content (AvgIpc) is 2.59. The fraction of sp³-hybridized carbons (Fsp3) is 0.421.